The summed E-state index contributed by atoms with van der Waals surface area (Å²) >= 11 is 0. The van der Waals surface area contributed by atoms with Crippen molar-refractivity contribution in [2.45, 2.75) is 56.3 Å². The van der Waals surface area contributed by atoms with Crippen molar-refractivity contribution >= 4 is 29.6 Å². The van der Waals surface area contributed by atoms with E-state index in [0.29, 0.717) is 23.5 Å². The molecule has 12 heteroatoms. The van der Waals surface area contributed by atoms with E-state index in [1.165, 1.54) is 0 Å². The van der Waals surface area contributed by atoms with Crippen molar-refractivity contribution in [2.24, 2.45) is 0 Å². The third kappa shape index (κ3) is 11.5. The molecule has 2 aliphatic heterocycles. The molecule has 12 nitrogen and oxygen atoms in total. The Morgan fingerprint density at radius 1 is 0.621 bits per heavy atom. The van der Waals surface area contributed by atoms with Gasteiger partial charge in [0, 0.05) is 19.3 Å². The largest absolute Gasteiger partial charge is 0.497 e. The van der Waals surface area contributed by atoms with Crippen LogP contribution in [0, 0.1) is 0 Å². The average Bonchev–Trinajstić information content (AvgIpc) is 3.24. The molecule has 7 rings (SSSR count). The van der Waals surface area contributed by atoms with Gasteiger partial charge in [-0.2, -0.15) is 0 Å². The number of hydrogen-bond donors (Lipinski definition) is 5. The first-order valence-electron chi connectivity index (χ1n) is 19.1. The van der Waals surface area contributed by atoms with Crippen LogP contribution in [-0.2, 0) is 49.7 Å². The van der Waals surface area contributed by atoms with Gasteiger partial charge in [-0.25, -0.2) is 4.79 Å². The van der Waals surface area contributed by atoms with Gasteiger partial charge in [0.1, 0.15) is 35.7 Å². The maximum atomic E-state index is 14.4. The number of amides is 4. The number of carboxylic acid groups (broad SMARTS) is 1. The van der Waals surface area contributed by atoms with E-state index in [0.717, 1.165) is 27.8 Å². The second-order valence-corrected chi connectivity index (χ2v) is 14.1. The minimum atomic E-state index is -1.32. The van der Waals surface area contributed by atoms with Gasteiger partial charge < -0.3 is 35.8 Å². The predicted molar refractivity (Wildman–Crippen MR) is 218 cm³/mol. The van der Waals surface area contributed by atoms with Crippen LogP contribution in [0.15, 0.2) is 133 Å². The molecule has 0 aromatic heterocycles. The molecular weight excluding hydrogens is 737 g/mol. The molecule has 0 aliphatic carbocycles. The first kappa shape index (κ1) is 40.7. The van der Waals surface area contributed by atoms with Crippen molar-refractivity contribution in [2.75, 3.05) is 13.7 Å². The summed E-state index contributed by atoms with van der Waals surface area (Å²) in [6, 6.07) is 35.5. The number of aryl methyl sites for hydroxylation is 1. The lowest BCUT2D eigenvalue weighted by atomic mass is 9.98. The number of nitrogens with one attached hydrogen (secondary N) is 4. The van der Waals surface area contributed by atoms with Crippen molar-refractivity contribution in [1.29, 1.82) is 0 Å². The van der Waals surface area contributed by atoms with Crippen LogP contribution in [0.3, 0.4) is 0 Å². The lowest BCUT2D eigenvalue weighted by Gasteiger charge is -2.26. The third-order valence-corrected chi connectivity index (χ3v) is 9.93. The highest BCUT2D eigenvalue weighted by Gasteiger charge is 2.32. The summed E-state index contributed by atoms with van der Waals surface area (Å²) in [5.74, 6) is -2.84. The molecule has 4 amide bonds. The number of benzene rings is 5. The fourth-order valence-electron chi connectivity index (χ4n) is 6.70. The van der Waals surface area contributed by atoms with Gasteiger partial charge in [0.15, 0.2) is 6.61 Å². The number of methoxy groups -OCH3 is 1. The van der Waals surface area contributed by atoms with Crippen molar-refractivity contribution < 1.29 is 38.6 Å². The maximum Gasteiger partial charge on any atom is 0.326 e. The molecule has 298 valence electrons. The van der Waals surface area contributed by atoms with E-state index < -0.39 is 60.4 Å². The summed E-state index contributed by atoms with van der Waals surface area (Å²) < 4.78 is 11.0. The maximum absolute atomic E-state index is 14.4. The van der Waals surface area contributed by atoms with Gasteiger partial charge in [-0.1, -0.05) is 109 Å². The summed E-state index contributed by atoms with van der Waals surface area (Å²) in [7, 11) is 1.55. The number of hydrogen-bond acceptors (Lipinski definition) is 7. The lowest BCUT2D eigenvalue weighted by Crippen LogP contribution is -2.59. The molecular formula is C46H46N4O8. The van der Waals surface area contributed by atoms with Crippen molar-refractivity contribution in [3.05, 3.63) is 156 Å². The van der Waals surface area contributed by atoms with Crippen molar-refractivity contribution in [3.8, 4) is 22.6 Å². The Morgan fingerprint density at radius 2 is 1.16 bits per heavy atom. The Bertz CT molecular complexity index is 2160. The molecule has 58 heavy (non-hydrogen) atoms. The fourth-order valence-corrected chi connectivity index (χ4v) is 6.70. The van der Waals surface area contributed by atoms with Crippen LogP contribution in [0.25, 0.3) is 11.1 Å². The van der Waals surface area contributed by atoms with Crippen LogP contribution in [-0.4, -0.2) is 72.6 Å². The number of fused-ring (bicyclic) bond motifs is 16. The number of ether oxygens (including phenoxy) is 2. The normalized spacial score (nSPS) is 19.2. The smallest absolute Gasteiger partial charge is 0.326 e. The molecule has 2 heterocycles. The van der Waals surface area contributed by atoms with Gasteiger partial charge >= 0.3 is 5.97 Å². The van der Waals surface area contributed by atoms with Gasteiger partial charge in [-0.05, 0) is 70.5 Å². The summed E-state index contributed by atoms with van der Waals surface area (Å²) in [5, 5.41) is 21.3. The second-order valence-electron chi connectivity index (χ2n) is 14.1. The van der Waals surface area contributed by atoms with Crippen LogP contribution in [0.4, 0.5) is 0 Å². The van der Waals surface area contributed by atoms with Gasteiger partial charge in [0.25, 0.3) is 5.91 Å². The molecule has 4 unspecified atom stereocenters. The predicted octanol–water partition coefficient (Wildman–Crippen LogP) is 4.44. The van der Waals surface area contributed by atoms with Gasteiger partial charge in [-0.3, -0.25) is 19.2 Å². The molecule has 0 fully saturated rings. The molecule has 4 atom stereocenters. The van der Waals surface area contributed by atoms with Crippen LogP contribution in [0.2, 0.25) is 0 Å². The molecule has 0 saturated carbocycles. The quantitative estimate of drug-likeness (QED) is 0.130. The van der Waals surface area contributed by atoms with E-state index in [1.54, 1.807) is 55.6 Å². The van der Waals surface area contributed by atoms with Crippen LogP contribution in [0.1, 0.15) is 28.7 Å². The fraction of sp³-hybridized carbons (Fsp3) is 0.239. The van der Waals surface area contributed by atoms with E-state index in [2.05, 4.69) is 21.3 Å². The molecule has 0 saturated heterocycles. The van der Waals surface area contributed by atoms with Crippen LogP contribution < -0.4 is 30.7 Å². The molecule has 0 spiro atoms. The minimum absolute atomic E-state index is 0.0394. The van der Waals surface area contributed by atoms with Crippen molar-refractivity contribution in [1.82, 2.24) is 21.3 Å². The molecule has 5 aromatic carbocycles. The highest BCUT2D eigenvalue weighted by Crippen LogP contribution is 2.21. The highest BCUT2D eigenvalue weighted by molar-refractivity contribution is 5.95. The summed E-state index contributed by atoms with van der Waals surface area (Å²) in [4.78, 5) is 68.4. The number of carbonyl (C=O) groups excluding carboxylic acids is 4. The third-order valence-electron chi connectivity index (χ3n) is 9.93. The summed E-state index contributed by atoms with van der Waals surface area (Å²) in [6.45, 7) is -0.416. The molecule has 0 radical (unpaired) electrons. The Hall–Kier alpha value is -6.95. The first-order valence-corrected chi connectivity index (χ1v) is 19.1. The average molecular weight is 783 g/mol. The van der Waals surface area contributed by atoms with Crippen LogP contribution >= 0.6 is 0 Å². The molecule has 5 N–H and O–H groups in total. The van der Waals surface area contributed by atoms with E-state index in [4.69, 9.17) is 9.47 Å². The standard InChI is InChI=1S/C46H46N4O8/c1-57-36-21-14-32(15-22-36)26-39-44(53)49-40(27-31-12-19-35(20-13-31)34-10-6-3-7-11-34)45(54)48-38(25-18-30-8-4-2-5-9-30)43(52)50-41(46(55)56)28-33-16-23-37(24-17-33)58-29-42(51)47-39/h2-17,19-24,38-41H,18,25-29H2,1H3,(H,47,51)(H,48,54)(H,49,53)(H,50,52)(H,55,56). The summed E-state index contributed by atoms with van der Waals surface area (Å²) in [5.41, 5.74) is 4.93. The molecule has 5 aromatic rings. The Kier molecular flexibility index (Phi) is 13.9. The summed E-state index contributed by atoms with van der Waals surface area (Å²) in [6.07, 6.45) is 0.605. The van der Waals surface area contributed by atoms with Gasteiger partial charge in [-0.15, -0.1) is 0 Å². The molecule has 2 bridgehead atoms. The zero-order valence-electron chi connectivity index (χ0n) is 32.1. The van der Waals surface area contributed by atoms with E-state index in [9.17, 15) is 29.1 Å². The lowest BCUT2D eigenvalue weighted by molar-refractivity contribution is -0.142. The number of aliphatic carboxylic acids is 1. The molecule has 2 aliphatic rings. The Balaban J connectivity index is 1.34. The zero-order valence-corrected chi connectivity index (χ0v) is 32.1. The Labute approximate surface area is 337 Å². The highest BCUT2D eigenvalue weighted by atomic mass is 16.5. The second kappa shape index (κ2) is 19.8. The number of rotatable bonds is 10. The number of carboxylic acids is 1. The minimum Gasteiger partial charge on any atom is -0.497 e. The topological polar surface area (TPSA) is 172 Å². The van der Waals surface area contributed by atoms with E-state index in [1.807, 2.05) is 84.9 Å². The van der Waals surface area contributed by atoms with Gasteiger partial charge in [0.2, 0.25) is 17.7 Å². The monoisotopic (exact) mass is 782 g/mol. The van der Waals surface area contributed by atoms with Gasteiger partial charge in [0.05, 0.1) is 7.11 Å². The SMILES string of the molecule is COc1ccc(CC2NC(=O)COc3ccc(cc3)CC(C(=O)O)NC(=O)C(CCc3ccccc3)NC(=O)C(Cc3ccc(-c4ccccc4)cc3)NC2=O)cc1. The zero-order chi connectivity index (χ0) is 40.9. The van der Waals surface area contributed by atoms with Crippen LogP contribution in [0.5, 0.6) is 11.5 Å². The first-order chi connectivity index (χ1) is 28.1. The van der Waals surface area contributed by atoms with E-state index in [-0.39, 0.29) is 25.7 Å². The Morgan fingerprint density at radius 3 is 1.76 bits per heavy atom. The van der Waals surface area contributed by atoms with Crippen molar-refractivity contribution in [3.63, 3.8) is 0 Å². The van der Waals surface area contributed by atoms with E-state index >= 15 is 0 Å². The number of carbonyl (C=O) groups is 5.